The Hall–Kier alpha value is -1.82. The van der Waals surface area contributed by atoms with Crippen molar-refractivity contribution in [3.8, 4) is 0 Å². The van der Waals surface area contributed by atoms with E-state index in [0.29, 0.717) is 17.6 Å². The number of amides is 1. The summed E-state index contributed by atoms with van der Waals surface area (Å²) in [6.45, 7) is 9.50. The Bertz CT molecular complexity index is 841. The number of carbonyl (C=O) groups excluding carboxylic acids is 1. The van der Waals surface area contributed by atoms with E-state index in [9.17, 15) is 13.2 Å². The van der Waals surface area contributed by atoms with E-state index in [-0.39, 0.29) is 16.9 Å². The van der Waals surface area contributed by atoms with Crippen molar-refractivity contribution in [2.45, 2.75) is 41.0 Å². The maximum Gasteiger partial charge on any atom is 0.300 e. The Morgan fingerprint density at radius 2 is 1.87 bits per heavy atom. The minimum Gasteiger partial charge on any atom is -0.450 e. The highest BCUT2D eigenvalue weighted by Gasteiger charge is 2.24. The monoisotopic (exact) mass is 337 g/mol. The number of fused-ring (bicyclic) bond motifs is 1. The zero-order chi connectivity index (χ0) is 17.4. The van der Waals surface area contributed by atoms with Crippen molar-refractivity contribution in [2.24, 2.45) is 5.41 Å². The number of aryl methyl sites for hydroxylation is 2. The lowest BCUT2D eigenvalue weighted by atomic mass is 9.94. The van der Waals surface area contributed by atoms with Crippen LogP contribution in [0.3, 0.4) is 0 Å². The summed E-state index contributed by atoms with van der Waals surface area (Å²) in [6, 6.07) is 5.61. The van der Waals surface area contributed by atoms with Gasteiger partial charge in [0.15, 0.2) is 5.76 Å². The summed E-state index contributed by atoms with van der Waals surface area (Å²) in [5.74, 6) is -0.763. The molecule has 0 spiro atoms. The highest BCUT2D eigenvalue weighted by Crippen LogP contribution is 2.27. The zero-order valence-corrected chi connectivity index (χ0v) is 15.0. The van der Waals surface area contributed by atoms with Crippen LogP contribution in [0, 0.1) is 19.3 Å². The Morgan fingerprint density at radius 3 is 2.43 bits per heavy atom. The van der Waals surface area contributed by atoms with Crippen LogP contribution in [-0.4, -0.2) is 20.1 Å². The van der Waals surface area contributed by atoms with E-state index in [1.165, 1.54) is 0 Å². The van der Waals surface area contributed by atoms with Crippen LogP contribution in [0.4, 0.5) is 0 Å². The molecule has 2 aromatic rings. The van der Waals surface area contributed by atoms with E-state index in [1.807, 2.05) is 45.9 Å². The van der Waals surface area contributed by atoms with Gasteiger partial charge < -0.3 is 4.42 Å². The molecule has 0 atom stereocenters. The number of para-hydroxylation sites is 1. The van der Waals surface area contributed by atoms with Crippen LogP contribution in [0.25, 0.3) is 11.0 Å². The van der Waals surface area contributed by atoms with Gasteiger partial charge in [-0.2, -0.15) is 0 Å². The Balaban J connectivity index is 2.25. The van der Waals surface area contributed by atoms with Crippen LogP contribution < -0.4 is 4.72 Å². The third-order valence-electron chi connectivity index (χ3n) is 3.74. The molecule has 0 aliphatic heterocycles. The van der Waals surface area contributed by atoms with Crippen molar-refractivity contribution in [3.05, 3.63) is 35.1 Å². The van der Waals surface area contributed by atoms with Crippen LogP contribution in [0.1, 0.15) is 48.9 Å². The minimum atomic E-state index is -3.69. The van der Waals surface area contributed by atoms with E-state index in [1.54, 1.807) is 6.92 Å². The average molecular weight is 337 g/mol. The molecule has 1 amide bonds. The molecule has 0 unspecified atom stereocenters. The minimum absolute atomic E-state index is 0.0497. The molecule has 0 bridgehead atoms. The molecule has 0 aliphatic rings. The highest BCUT2D eigenvalue weighted by atomic mass is 32.2. The molecule has 1 heterocycles. The van der Waals surface area contributed by atoms with Gasteiger partial charge in [0.05, 0.1) is 5.75 Å². The van der Waals surface area contributed by atoms with E-state index in [4.69, 9.17) is 4.42 Å². The lowest BCUT2D eigenvalue weighted by Gasteiger charge is -2.17. The van der Waals surface area contributed by atoms with E-state index in [0.717, 1.165) is 10.9 Å². The van der Waals surface area contributed by atoms with Gasteiger partial charge in [-0.25, -0.2) is 13.1 Å². The third kappa shape index (κ3) is 4.13. The summed E-state index contributed by atoms with van der Waals surface area (Å²) in [7, 11) is -3.69. The first-order valence-electron chi connectivity index (χ1n) is 7.54. The largest absolute Gasteiger partial charge is 0.450 e. The Kier molecular flexibility index (Phi) is 4.57. The van der Waals surface area contributed by atoms with Gasteiger partial charge >= 0.3 is 5.91 Å². The molecule has 0 fully saturated rings. The van der Waals surface area contributed by atoms with Crippen molar-refractivity contribution >= 4 is 26.9 Å². The molecular formula is C17H23NO4S. The summed E-state index contributed by atoms with van der Waals surface area (Å²) in [5, 5.41) is 0.822. The second-order valence-electron chi connectivity index (χ2n) is 7.07. The summed E-state index contributed by atoms with van der Waals surface area (Å²) in [5.41, 5.74) is 2.04. The third-order valence-corrected chi connectivity index (χ3v) is 4.97. The number of benzene rings is 1. The van der Waals surface area contributed by atoms with Gasteiger partial charge in [0.1, 0.15) is 5.58 Å². The number of rotatable bonds is 4. The molecule has 6 heteroatoms. The van der Waals surface area contributed by atoms with Gasteiger partial charge in [-0.15, -0.1) is 0 Å². The molecule has 2 rings (SSSR count). The topological polar surface area (TPSA) is 76.4 Å². The molecule has 0 saturated heterocycles. The molecular weight excluding hydrogens is 314 g/mol. The van der Waals surface area contributed by atoms with Gasteiger partial charge in [0.2, 0.25) is 10.0 Å². The summed E-state index contributed by atoms with van der Waals surface area (Å²) in [6.07, 6.45) is 0.466. The summed E-state index contributed by atoms with van der Waals surface area (Å²) in [4.78, 5) is 12.3. The van der Waals surface area contributed by atoms with Crippen molar-refractivity contribution in [1.82, 2.24) is 4.72 Å². The number of hydrogen-bond donors (Lipinski definition) is 1. The molecule has 0 aliphatic carbocycles. The van der Waals surface area contributed by atoms with Gasteiger partial charge in [-0.05, 0) is 31.2 Å². The van der Waals surface area contributed by atoms with Gasteiger partial charge in [-0.1, -0.05) is 39.0 Å². The molecule has 0 saturated carbocycles. The van der Waals surface area contributed by atoms with Crippen molar-refractivity contribution in [3.63, 3.8) is 0 Å². The Morgan fingerprint density at radius 1 is 1.22 bits per heavy atom. The number of hydrogen-bond acceptors (Lipinski definition) is 4. The quantitative estimate of drug-likeness (QED) is 0.925. The maximum atomic E-state index is 12.3. The first-order chi connectivity index (χ1) is 10.5. The predicted molar refractivity (Wildman–Crippen MR) is 91.0 cm³/mol. The molecule has 1 aromatic carbocycles. The summed E-state index contributed by atoms with van der Waals surface area (Å²) >= 11 is 0. The maximum absolute atomic E-state index is 12.3. The molecule has 5 nitrogen and oxygen atoms in total. The lowest BCUT2D eigenvalue weighted by molar-refractivity contribution is 0.0955. The lowest BCUT2D eigenvalue weighted by Crippen LogP contribution is -2.33. The number of sulfonamides is 1. The van der Waals surface area contributed by atoms with Gasteiger partial charge in [0.25, 0.3) is 0 Å². The van der Waals surface area contributed by atoms with Crippen LogP contribution >= 0.6 is 0 Å². The van der Waals surface area contributed by atoms with Gasteiger partial charge in [-0.3, -0.25) is 4.79 Å². The fraction of sp³-hybridized carbons (Fsp3) is 0.471. The van der Waals surface area contributed by atoms with E-state index >= 15 is 0 Å². The van der Waals surface area contributed by atoms with Crippen LogP contribution in [0.15, 0.2) is 22.6 Å². The van der Waals surface area contributed by atoms with Crippen LogP contribution in [-0.2, 0) is 10.0 Å². The standard InChI is InChI=1S/C17H23NO4S/c1-11-7-6-8-13-12(2)15(22-14(11)13)16(19)18-23(20,21)10-9-17(3,4)5/h6-8H,9-10H2,1-5H3,(H,18,19). The fourth-order valence-electron chi connectivity index (χ4n) is 2.28. The average Bonchev–Trinajstić information content (AvgIpc) is 2.75. The molecule has 0 radical (unpaired) electrons. The number of furan rings is 1. The van der Waals surface area contributed by atoms with Crippen molar-refractivity contribution in [2.75, 3.05) is 5.75 Å². The van der Waals surface area contributed by atoms with Gasteiger partial charge in [0, 0.05) is 10.9 Å². The first kappa shape index (κ1) is 17.5. The van der Waals surface area contributed by atoms with Crippen LogP contribution in [0.2, 0.25) is 0 Å². The molecule has 126 valence electrons. The van der Waals surface area contributed by atoms with Crippen molar-refractivity contribution < 1.29 is 17.6 Å². The second kappa shape index (κ2) is 6.00. The number of carbonyl (C=O) groups is 1. The highest BCUT2D eigenvalue weighted by molar-refractivity contribution is 7.90. The first-order valence-corrected chi connectivity index (χ1v) is 9.19. The molecule has 23 heavy (non-hydrogen) atoms. The second-order valence-corrected chi connectivity index (χ2v) is 8.91. The fourth-order valence-corrected chi connectivity index (χ4v) is 3.64. The molecule has 1 aromatic heterocycles. The predicted octanol–water partition coefficient (Wildman–Crippen LogP) is 3.55. The van der Waals surface area contributed by atoms with E-state index < -0.39 is 15.9 Å². The SMILES string of the molecule is Cc1c(C(=O)NS(=O)(=O)CCC(C)(C)C)oc2c(C)cccc12. The Labute approximate surface area is 137 Å². The zero-order valence-electron chi connectivity index (χ0n) is 14.2. The molecule has 1 N–H and O–H groups in total. The van der Waals surface area contributed by atoms with Crippen molar-refractivity contribution in [1.29, 1.82) is 0 Å². The van der Waals surface area contributed by atoms with Crippen LogP contribution in [0.5, 0.6) is 0 Å². The van der Waals surface area contributed by atoms with E-state index in [2.05, 4.69) is 4.72 Å². The number of nitrogens with one attached hydrogen (secondary N) is 1. The normalized spacial score (nSPS) is 12.6. The smallest absolute Gasteiger partial charge is 0.300 e. The summed E-state index contributed by atoms with van der Waals surface area (Å²) < 4.78 is 31.9.